The molecule has 0 atom stereocenters. The van der Waals surface area contributed by atoms with Gasteiger partial charge in [-0.05, 0) is 37.3 Å². The van der Waals surface area contributed by atoms with Crippen LogP contribution in [-0.4, -0.2) is 25.5 Å². The third-order valence-corrected chi connectivity index (χ3v) is 3.17. The summed E-state index contributed by atoms with van der Waals surface area (Å²) in [4.78, 5) is 8.19. The van der Waals surface area contributed by atoms with Crippen molar-refractivity contribution in [2.24, 2.45) is 0 Å². The van der Waals surface area contributed by atoms with Gasteiger partial charge in [-0.1, -0.05) is 0 Å². The molecule has 3 aromatic rings. The molecule has 0 fully saturated rings. The van der Waals surface area contributed by atoms with Gasteiger partial charge in [0.1, 0.15) is 18.5 Å². The summed E-state index contributed by atoms with van der Waals surface area (Å²) in [6.07, 6.45) is 4.74. The Hall–Kier alpha value is -3.22. The number of anilines is 3. The Balaban J connectivity index is 1.88. The van der Waals surface area contributed by atoms with Crippen LogP contribution in [0.25, 0.3) is 5.69 Å². The van der Waals surface area contributed by atoms with Crippen LogP contribution >= 0.6 is 0 Å². The molecule has 7 heteroatoms. The van der Waals surface area contributed by atoms with Crippen molar-refractivity contribution in [3.63, 3.8) is 0 Å². The van der Waals surface area contributed by atoms with E-state index in [1.807, 2.05) is 24.3 Å². The normalized spacial score (nSPS) is 10.4. The van der Waals surface area contributed by atoms with E-state index in [1.165, 1.54) is 6.33 Å². The summed E-state index contributed by atoms with van der Waals surface area (Å²) in [5.74, 6) is 0.570. The molecular weight excluding hydrogens is 278 g/mol. The van der Waals surface area contributed by atoms with Crippen molar-refractivity contribution >= 4 is 22.9 Å². The van der Waals surface area contributed by atoms with E-state index in [2.05, 4.69) is 20.4 Å². The third-order valence-electron chi connectivity index (χ3n) is 3.17. The van der Waals surface area contributed by atoms with Crippen LogP contribution in [0.15, 0.2) is 49.2 Å². The van der Waals surface area contributed by atoms with Gasteiger partial charge < -0.3 is 16.5 Å². The van der Waals surface area contributed by atoms with Gasteiger partial charge in [-0.3, -0.25) is 0 Å². The zero-order valence-corrected chi connectivity index (χ0v) is 12.0. The van der Waals surface area contributed by atoms with Crippen LogP contribution in [0.4, 0.5) is 17.2 Å². The van der Waals surface area contributed by atoms with Gasteiger partial charge in [0.05, 0.1) is 11.3 Å². The van der Waals surface area contributed by atoms with Crippen LogP contribution in [0.1, 0.15) is 12.5 Å². The standard InChI is InChI=1S/C15H15N7/c1-10(16)14-13(17)6-7-19-15(14)21-11-2-4-12(5-3-11)22-9-18-8-20-22/h2-9,16H,1H3,(H3,17,19,21). The predicted molar refractivity (Wildman–Crippen MR) is 85.8 cm³/mol. The molecule has 0 spiro atoms. The maximum absolute atomic E-state index is 7.83. The lowest BCUT2D eigenvalue weighted by atomic mass is 10.1. The van der Waals surface area contributed by atoms with E-state index >= 15 is 0 Å². The Kier molecular flexibility index (Phi) is 3.53. The van der Waals surface area contributed by atoms with Crippen molar-refractivity contribution < 1.29 is 0 Å². The predicted octanol–water partition coefficient (Wildman–Crippen LogP) is 2.38. The number of nitrogens with zero attached hydrogens (tertiary/aromatic N) is 4. The van der Waals surface area contributed by atoms with Crippen LogP contribution in [0.2, 0.25) is 0 Å². The minimum atomic E-state index is 0.368. The number of nitrogens with one attached hydrogen (secondary N) is 2. The number of aromatic nitrogens is 4. The number of nitrogen functional groups attached to an aromatic ring is 1. The second-order valence-corrected chi connectivity index (χ2v) is 4.76. The summed E-state index contributed by atoms with van der Waals surface area (Å²) in [7, 11) is 0. The summed E-state index contributed by atoms with van der Waals surface area (Å²) in [6.45, 7) is 1.69. The fourth-order valence-corrected chi connectivity index (χ4v) is 2.14. The highest BCUT2D eigenvalue weighted by Crippen LogP contribution is 2.24. The topological polar surface area (TPSA) is 106 Å². The van der Waals surface area contributed by atoms with E-state index in [0.717, 1.165) is 11.4 Å². The molecule has 0 aliphatic heterocycles. The quantitative estimate of drug-likeness (QED) is 0.640. The highest BCUT2D eigenvalue weighted by Gasteiger charge is 2.10. The Labute approximate surface area is 127 Å². The highest BCUT2D eigenvalue weighted by atomic mass is 15.3. The van der Waals surface area contributed by atoms with Gasteiger partial charge in [-0.2, -0.15) is 5.10 Å². The Morgan fingerprint density at radius 2 is 2.00 bits per heavy atom. The maximum Gasteiger partial charge on any atom is 0.141 e. The first-order valence-corrected chi connectivity index (χ1v) is 6.67. The highest BCUT2D eigenvalue weighted by molar-refractivity contribution is 6.05. The maximum atomic E-state index is 7.83. The lowest BCUT2D eigenvalue weighted by molar-refractivity contribution is 0.879. The van der Waals surface area contributed by atoms with Gasteiger partial charge in [0.15, 0.2) is 0 Å². The summed E-state index contributed by atoms with van der Waals surface area (Å²) in [5.41, 5.74) is 9.20. The number of pyridine rings is 1. The molecule has 110 valence electrons. The Morgan fingerprint density at radius 3 is 2.64 bits per heavy atom. The molecule has 1 aromatic carbocycles. The largest absolute Gasteiger partial charge is 0.398 e. The van der Waals surface area contributed by atoms with Gasteiger partial charge in [0, 0.05) is 23.3 Å². The van der Waals surface area contributed by atoms with E-state index in [4.69, 9.17) is 11.1 Å². The zero-order valence-electron chi connectivity index (χ0n) is 12.0. The lowest BCUT2D eigenvalue weighted by Crippen LogP contribution is -2.06. The van der Waals surface area contributed by atoms with E-state index < -0.39 is 0 Å². The smallest absolute Gasteiger partial charge is 0.141 e. The van der Waals surface area contributed by atoms with Crippen LogP contribution in [-0.2, 0) is 0 Å². The third kappa shape index (κ3) is 2.64. The number of benzene rings is 1. The number of rotatable bonds is 4. The van der Waals surface area contributed by atoms with E-state index in [0.29, 0.717) is 22.8 Å². The van der Waals surface area contributed by atoms with E-state index in [1.54, 1.807) is 30.2 Å². The number of hydrogen-bond acceptors (Lipinski definition) is 6. The summed E-state index contributed by atoms with van der Waals surface area (Å²) >= 11 is 0. The number of nitrogens with two attached hydrogens (primary N) is 1. The van der Waals surface area contributed by atoms with Gasteiger partial charge in [0.25, 0.3) is 0 Å². The minimum Gasteiger partial charge on any atom is -0.398 e. The molecule has 7 nitrogen and oxygen atoms in total. The van der Waals surface area contributed by atoms with Crippen molar-refractivity contribution in [2.75, 3.05) is 11.1 Å². The van der Waals surface area contributed by atoms with Crippen LogP contribution in [0, 0.1) is 5.41 Å². The fourth-order valence-electron chi connectivity index (χ4n) is 2.14. The molecule has 0 radical (unpaired) electrons. The summed E-state index contributed by atoms with van der Waals surface area (Å²) < 4.78 is 1.68. The van der Waals surface area contributed by atoms with Crippen LogP contribution < -0.4 is 11.1 Å². The molecule has 0 aliphatic rings. The molecule has 0 unspecified atom stereocenters. The molecule has 22 heavy (non-hydrogen) atoms. The molecule has 0 saturated heterocycles. The fraction of sp³-hybridized carbons (Fsp3) is 0.0667. The molecule has 0 saturated carbocycles. The van der Waals surface area contributed by atoms with Gasteiger partial charge in [-0.15, -0.1) is 0 Å². The SMILES string of the molecule is CC(=N)c1c(N)ccnc1Nc1ccc(-n2cncn2)cc1. The Bertz CT molecular complexity index is 791. The van der Waals surface area contributed by atoms with E-state index in [9.17, 15) is 0 Å². The van der Waals surface area contributed by atoms with Crippen molar-refractivity contribution in [1.29, 1.82) is 5.41 Å². The second-order valence-electron chi connectivity index (χ2n) is 4.76. The Morgan fingerprint density at radius 1 is 1.23 bits per heavy atom. The van der Waals surface area contributed by atoms with Crippen molar-refractivity contribution in [2.45, 2.75) is 6.92 Å². The lowest BCUT2D eigenvalue weighted by Gasteiger charge is -2.12. The molecule has 0 bridgehead atoms. The van der Waals surface area contributed by atoms with Crippen molar-refractivity contribution in [1.82, 2.24) is 19.7 Å². The first kappa shape index (κ1) is 13.7. The van der Waals surface area contributed by atoms with E-state index in [-0.39, 0.29) is 0 Å². The second kappa shape index (κ2) is 5.65. The molecule has 0 amide bonds. The number of hydrogen-bond donors (Lipinski definition) is 3. The van der Waals surface area contributed by atoms with Gasteiger partial charge >= 0.3 is 0 Å². The summed E-state index contributed by atoms with van der Waals surface area (Å²) in [5, 5.41) is 15.1. The van der Waals surface area contributed by atoms with Gasteiger partial charge in [0.2, 0.25) is 0 Å². The molecule has 2 heterocycles. The molecular formula is C15H15N7. The van der Waals surface area contributed by atoms with Gasteiger partial charge in [-0.25, -0.2) is 14.6 Å². The molecule has 3 rings (SSSR count). The average Bonchev–Trinajstić information content (AvgIpc) is 3.02. The molecule has 0 aliphatic carbocycles. The summed E-state index contributed by atoms with van der Waals surface area (Å²) in [6, 6.07) is 9.34. The molecule has 4 N–H and O–H groups in total. The van der Waals surface area contributed by atoms with Crippen LogP contribution in [0.3, 0.4) is 0 Å². The van der Waals surface area contributed by atoms with Crippen LogP contribution in [0.5, 0.6) is 0 Å². The minimum absolute atomic E-state index is 0.368. The zero-order chi connectivity index (χ0) is 15.5. The van der Waals surface area contributed by atoms with Crippen molar-refractivity contribution in [3.05, 3.63) is 54.7 Å². The first-order valence-electron chi connectivity index (χ1n) is 6.67. The van der Waals surface area contributed by atoms with Crippen molar-refractivity contribution in [3.8, 4) is 5.69 Å². The first-order chi connectivity index (χ1) is 10.6. The monoisotopic (exact) mass is 293 g/mol. The average molecular weight is 293 g/mol. The molecule has 2 aromatic heterocycles.